The van der Waals surface area contributed by atoms with Crippen molar-refractivity contribution >= 4 is 28.3 Å². The zero-order valence-corrected chi connectivity index (χ0v) is 17.6. The maximum absolute atomic E-state index is 13.1. The molecule has 3 aromatic heterocycles. The highest BCUT2D eigenvalue weighted by molar-refractivity contribution is 6.05. The van der Waals surface area contributed by atoms with Gasteiger partial charge in [0, 0.05) is 29.3 Å². The van der Waals surface area contributed by atoms with Gasteiger partial charge in [-0.3, -0.25) is 14.8 Å². The topological polar surface area (TPSA) is 90.0 Å². The summed E-state index contributed by atoms with van der Waals surface area (Å²) in [7, 11) is 0. The first kappa shape index (κ1) is 20.0. The number of benzene rings is 2. The van der Waals surface area contributed by atoms with E-state index in [4.69, 9.17) is 6.57 Å². The quantitative estimate of drug-likeness (QED) is 0.405. The number of pyridine rings is 1. The maximum Gasteiger partial charge on any atom is 0.275 e. The summed E-state index contributed by atoms with van der Waals surface area (Å²) in [5.74, 6) is 0.171. The lowest BCUT2D eigenvalue weighted by Crippen LogP contribution is -2.13. The SMILES string of the molecule is [C-]#[N+]c1ccccc1NC(=O)c1cc(-c2ccc3nccnc3c2)n(-c2cccc(C)n2)n1. The summed E-state index contributed by atoms with van der Waals surface area (Å²) in [6.45, 7) is 9.21. The van der Waals surface area contributed by atoms with E-state index in [0.29, 0.717) is 22.9 Å². The zero-order chi connectivity index (χ0) is 22.8. The van der Waals surface area contributed by atoms with Gasteiger partial charge in [0.15, 0.2) is 11.5 Å². The molecule has 5 rings (SSSR count). The van der Waals surface area contributed by atoms with Gasteiger partial charge in [0.05, 0.1) is 23.3 Å². The average Bonchev–Trinajstić information content (AvgIpc) is 3.30. The van der Waals surface area contributed by atoms with Crippen LogP contribution >= 0.6 is 0 Å². The Kier molecular flexibility index (Phi) is 5.05. The molecule has 0 aliphatic carbocycles. The molecule has 5 aromatic rings. The van der Waals surface area contributed by atoms with E-state index in [1.54, 1.807) is 47.4 Å². The number of para-hydroxylation sites is 2. The predicted octanol–water partition coefficient (Wildman–Crippen LogP) is 4.99. The van der Waals surface area contributed by atoms with Crippen LogP contribution < -0.4 is 5.32 Å². The van der Waals surface area contributed by atoms with Crippen molar-refractivity contribution in [2.24, 2.45) is 0 Å². The number of rotatable bonds is 4. The monoisotopic (exact) mass is 431 g/mol. The standard InChI is InChI=1S/C25H17N7O/c1-16-6-5-9-24(29-16)32-23(17-10-11-19-21(14-17)28-13-12-27-19)15-22(31-32)25(33)30-20-8-4-3-7-18(20)26-2/h3-15H,1H3,(H,30,33). The Morgan fingerprint density at radius 1 is 0.970 bits per heavy atom. The fraction of sp³-hybridized carbons (Fsp3) is 0.0400. The van der Waals surface area contributed by atoms with Gasteiger partial charge in [-0.25, -0.2) is 14.5 Å². The Morgan fingerprint density at radius 3 is 2.61 bits per heavy atom. The summed E-state index contributed by atoms with van der Waals surface area (Å²) in [6, 6.07) is 19.9. The van der Waals surface area contributed by atoms with Crippen LogP contribution in [0.5, 0.6) is 0 Å². The molecule has 2 aromatic carbocycles. The lowest BCUT2D eigenvalue weighted by atomic mass is 10.1. The summed E-state index contributed by atoms with van der Waals surface area (Å²) in [6.07, 6.45) is 3.28. The van der Waals surface area contributed by atoms with Crippen molar-refractivity contribution in [3.05, 3.63) is 102 Å². The van der Waals surface area contributed by atoms with Crippen LogP contribution in [0.4, 0.5) is 11.4 Å². The van der Waals surface area contributed by atoms with Crippen LogP contribution in [0.15, 0.2) is 79.1 Å². The number of aryl methyl sites for hydroxylation is 1. The highest BCUT2D eigenvalue weighted by Gasteiger charge is 2.19. The molecule has 158 valence electrons. The zero-order valence-electron chi connectivity index (χ0n) is 17.6. The van der Waals surface area contributed by atoms with Gasteiger partial charge in [-0.1, -0.05) is 30.3 Å². The van der Waals surface area contributed by atoms with Crippen molar-refractivity contribution in [1.29, 1.82) is 0 Å². The first-order valence-corrected chi connectivity index (χ1v) is 10.2. The molecule has 8 heteroatoms. The van der Waals surface area contributed by atoms with E-state index in [1.807, 2.05) is 43.3 Å². The third kappa shape index (κ3) is 3.91. The molecular formula is C25H17N7O. The Hall–Kier alpha value is -4.90. The number of fused-ring (bicyclic) bond motifs is 1. The van der Waals surface area contributed by atoms with Gasteiger partial charge in [0.2, 0.25) is 5.69 Å². The molecule has 1 amide bonds. The maximum atomic E-state index is 13.1. The fourth-order valence-corrected chi connectivity index (χ4v) is 3.50. The van der Waals surface area contributed by atoms with Gasteiger partial charge in [0.25, 0.3) is 5.91 Å². The van der Waals surface area contributed by atoms with Crippen LogP contribution in [0.2, 0.25) is 0 Å². The van der Waals surface area contributed by atoms with E-state index in [2.05, 4.69) is 30.2 Å². The van der Waals surface area contributed by atoms with E-state index in [9.17, 15) is 4.79 Å². The molecule has 0 fully saturated rings. The van der Waals surface area contributed by atoms with Gasteiger partial charge < -0.3 is 5.32 Å². The van der Waals surface area contributed by atoms with Crippen molar-refractivity contribution in [3.8, 4) is 17.1 Å². The van der Waals surface area contributed by atoms with Crippen molar-refractivity contribution in [2.75, 3.05) is 5.32 Å². The molecule has 0 atom stereocenters. The number of hydrogen-bond donors (Lipinski definition) is 1. The highest BCUT2D eigenvalue weighted by Crippen LogP contribution is 2.28. The van der Waals surface area contributed by atoms with Crippen LogP contribution in [-0.4, -0.2) is 30.6 Å². The van der Waals surface area contributed by atoms with Crippen LogP contribution in [-0.2, 0) is 0 Å². The summed E-state index contributed by atoms with van der Waals surface area (Å²) < 4.78 is 1.64. The molecule has 0 unspecified atom stereocenters. The number of anilines is 1. The largest absolute Gasteiger partial charge is 0.330 e. The molecule has 33 heavy (non-hydrogen) atoms. The predicted molar refractivity (Wildman–Crippen MR) is 125 cm³/mol. The summed E-state index contributed by atoms with van der Waals surface area (Å²) in [5.41, 5.74) is 4.83. The second-order valence-corrected chi connectivity index (χ2v) is 7.31. The number of nitrogens with one attached hydrogen (secondary N) is 1. The molecule has 3 heterocycles. The molecular weight excluding hydrogens is 414 g/mol. The van der Waals surface area contributed by atoms with Crippen molar-refractivity contribution in [3.63, 3.8) is 0 Å². The van der Waals surface area contributed by atoms with E-state index in [1.165, 1.54) is 0 Å². The van der Waals surface area contributed by atoms with Crippen LogP contribution in [0.1, 0.15) is 16.2 Å². The third-order valence-corrected chi connectivity index (χ3v) is 5.07. The minimum atomic E-state index is -0.417. The number of hydrogen-bond acceptors (Lipinski definition) is 5. The highest BCUT2D eigenvalue weighted by atomic mass is 16.2. The molecule has 1 N–H and O–H groups in total. The number of carbonyl (C=O) groups is 1. The van der Waals surface area contributed by atoms with Gasteiger partial charge in [-0.2, -0.15) is 5.10 Å². The molecule has 0 aliphatic rings. The molecule has 8 nitrogen and oxygen atoms in total. The summed E-state index contributed by atoms with van der Waals surface area (Å²) in [4.78, 5) is 29.8. The number of amides is 1. The Labute approximate surface area is 189 Å². The van der Waals surface area contributed by atoms with Crippen molar-refractivity contribution in [2.45, 2.75) is 6.92 Å². The fourth-order valence-electron chi connectivity index (χ4n) is 3.50. The van der Waals surface area contributed by atoms with Crippen molar-refractivity contribution in [1.82, 2.24) is 24.7 Å². The van der Waals surface area contributed by atoms with E-state index < -0.39 is 5.91 Å². The molecule has 0 spiro atoms. The summed E-state index contributed by atoms with van der Waals surface area (Å²) in [5, 5.41) is 7.35. The van der Waals surface area contributed by atoms with Crippen LogP contribution in [0.3, 0.4) is 0 Å². The smallest absolute Gasteiger partial charge is 0.275 e. The van der Waals surface area contributed by atoms with Gasteiger partial charge in [0.1, 0.15) is 0 Å². The first-order chi connectivity index (χ1) is 16.1. The van der Waals surface area contributed by atoms with Gasteiger partial charge in [-0.15, -0.1) is 0 Å². The lowest BCUT2D eigenvalue weighted by Gasteiger charge is -2.08. The van der Waals surface area contributed by atoms with E-state index >= 15 is 0 Å². The third-order valence-electron chi connectivity index (χ3n) is 5.07. The summed E-state index contributed by atoms with van der Waals surface area (Å²) >= 11 is 0. The second kappa shape index (κ2) is 8.32. The van der Waals surface area contributed by atoms with Crippen LogP contribution in [0.25, 0.3) is 33.0 Å². The second-order valence-electron chi connectivity index (χ2n) is 7.31. The van der Waals surface area contributed by atoms with E-state index in [0.717, 1.165) is 22.3 Å². The number of carbonyl (C=O) groups excluding carboxylic acids is 1. The average molecular weight is 431 g/mol. The lowest BCUT2D eigenvalue weighted by molar-refractivity contribution is 0.102. The number of aromatic nitrogens is 5. The molecule has 0 aliphatic heterocycles. The van der Waals surface area contributed by atoms with Crippen molar-refractivity contribution < 1.29 is 4.79 Å². The Bertz CT molecular complexity index is 1550. The van der Waals surface area contributed by atoms with Gasteiger partial charge in [-0.05, 0) is 43.3 Å². The number of nitrogens with zero attached hydrogens (tertiary/aromatic N) is 6. The molecule has 0 saturated carbocycles. The first-order valence-electron chi connectivity index (χ1n) is 10.2. The molecule has 0 saturated heterocycles. The minimum absolute atomic E-state index is 0.201. The molecule has 0 bridgehead atoms. The normalized spacial score (nSPS) is 10.7. The van der Waals surface area contributed by atoms with Gasteiger partial charge >= 0.3 is 0 Å². The Balaban J connectivity index is 1.61. The molecule has 0 radical (unpaired) electrons. The Morgan fingerprint density at radius 2 is 1.79 bits per heavy atom. The van der Waals surface area contributed by atoms with E-state index in [-0.39, 0.29) is 5.69 Å². The minimum Gasteiger partial charge on any atom is -0.330 e. The van der Waals surface area contributed by atoms with Crippen LogP contribution in [0, 0.1) is 13.5 Å².